The van der Waals surface area contributed by atoms with Gasteiger partial charge in [0.2, 0.25) is 0 Å². The molecule has 1 aliphatic heterocycles. The Kier molecular flexibility index (Phi) is 3.84. The quantitative estimate of drug-likeness (QED) is 0.678. The van der Waals surface area contributed by atoms with Crippen LogP contribution in [0, 0.1) is 0 Å². The lowest BCUT2D eigenvalue weighted by atomic mass is 9.97. The van der Waals surface area contributed by atoms with Gasteiger partial charge < -0.3 is 10.1 Å². The summed E-state index contributed by atoms with van der Waals surface area (Å²) in [6, 6.07) is 16.8. The number of hydrogen-bond acceptors (Lipinski definition) is 2. The molecule has 102 valence electrons. The van der Waals surface area contributed by atoms with E-state index in [4.69, 9.17) is 4.74 Å². The van der Waals surface area contributed by atoms with Crippen LogP contribution in [0.4, 0.5) is 0 Å². The van der Waals surface area contributed by atoms with Gasteiger partial charge in [-0.25, -0.2) is 0 Å². The molecule has 0 unspecified atom stereocenters. The topological polar surface area (TPSA) is 21.3 Å². The van der Waals surface area contributed by atoms with E-state index in [1.54, 1.807) is 0 Å². The zero-order valence-electron chi connectivity index (χ0n) is 11.7. The van der Waals surface area contributed by atoms with E-state index in [0.717, 1.165) is 18.7 Å². The third kappa shape index (κ3) is 2.47. The van der Waals surface area contributed by atoms with Crippen molar-refractivity contribution < 1.29 is 4.74 Å². The molecule has 2 heteroatoms. The molecule has 20 heavy (non-hydrogen) atoms. The highest BCUT2D eigenvalue weighted by Gasteiger charge is 2.17. The van der Waals surface area contributed by atoms with Crippen LogP contribution >= 0.6 is 0 Å². The van der Waals surface area contributed by atoms with Crippen LogP contribution in [0.15, 0.2) is 54.6 Å². The Morgan fingerprint density at radius 3 is 2.65 bits per heavy atom. The van der Waals surface area contributed by atoms with Crippen LogP contribution in [0.2, 0.25) is 0 Å². The van der Waals surface area contributed by atoms with Crippen molar-refractivity contribution in [3.05, 3.63) is 71.3 Å². The third-order valence-electron chi connectivity index (χ3n) is 3.61. The first-order valence-corrected chi connectivity index (χ1v) is 7.05. The lowest BCUT2D eigenvalue weighted by molar-refractivity contribution is 0.307. The average molecular weight is 268 g/mol. The molecule has 0 saturated carbocycles. The number of fused-ring (bicyclic) bond motifs is 2. The lowest BCUT2D eigenvalue weighted by Gasteiger charge is -2.10. The minimum absolute atomic E-state index is 0.635. The Hall–Kier alpha value is -2.06. The molecule has 2 aromatic carbocycles. The summed E-state index contributed by atoms with van der Waals surface area (Å²) in [6.07, 6.45) is 3.32. The Morgan fingerprint density at radius 1 is 1.05 bits per heavy atom. The van der Waals surface area contributed by atoms with Gasteiger partial charge in [-0.2, -0.15) is 0 Å². The summed E-state index contributed by atoms with van der Waals surface area (Å²) in [4.78, 5) is 0. The van der Waals surface area contributed by atoms with Gasteiger partial charge in [-0.15, -0.1) is 0 Å². The number of para-hydroxylation sites is 1. The van der Waals surface area contributed by atoms with E-state index in [1.165, 1.54) is 22.3 Å². The molecular formula is C18H19NO. The van der Waals surface area contributed by atoms with Crippen molar-refractivity contribution in [1.29, 1.82) is 0 Å². The second-order valence-electron chi connectivity index (χ2n) is 4.95. The number of benzene rings is 2. The molecule has 3 rings (SSSR count). The van der Waals surface area contributed by atoms with Gasteiger partial charge in [-0.3, -0.25) is 0 Å². The van der Waals surface area contributed by atoms with Crippen LogP contribution in [0.5, 0.6) is 5.75 Å². The summed E-state index contributed by atoms with van der Waals surface area (Å²) in [6.45, 7) is 1.62. The number of ether oxygens (including phenoxy) is 1. The summed E-state index contributed by atoms with van der Waals surface area (Å²) < 4.78 is 5.96. The van der Waals surface area contributed by atoms with Crippen LogP contribution in [-0.4, -0.2) is 13.6 Å². The summed E-state index contributed by atoms with van der Waals surface area (Å²) in [5.74, 6) is 0.972. The molecule has 0 bridgehead atoms. The first-order chi connectivity index (χ1) is 9.90. The predicted molar refractivity (Wildman–Crippen MR) is 82.8 cm³/mol. The van der Waals surface area contributed by atoms with Gasteiger partial charge in [0.05, 0.1) is 0 Å². The second kappa shape index (κ2) is 5.93. The fourth-order valence-corrected chi connectivity index (χ4v) is 2.61. The molecule has 0 atom stereocenters. The van der Waals surface area contributed by atoms with Crippen molar-refractivity contribution in [2.24, 2.45) is 0 Å². The minimum atomic E-state index is 0.635. The standard InChI is InChI=1S/C18H19NO/c1-19-12-6-10-16-15-8-3-2-7-14(15)13-20-18-11-5-4-9-17(16)18/h2-5,7-11,19H,6,12-13H2,1H3/b16-10+/i6+1,10+1,12+1. The van der Waals surface area contributed by atoms with Gasteiger partial charge >= 0.3 is 0 Å². The monoisotopic (exact) mass is 268 g/mol. The molecule has 2 aromatic rings. The van der Waals surface area contributed by atoms with Gasteiger partial charge in [0, 0.05) is 5.56 Å². The summed E-state index contributed by atoms with van der Waals surface area (Å²) in [5.41, 5.74) is 5.01. The average Bonchev–Trinajstić information content (AvgIpc) is 2.66. The van der Waals surface area contributed by atoms with E-state index in [1.807, 2.05) is 19.2 Å². The summed E-state index contributed by atoms with van der Waals surface area (Å²) in [5, 5.41) is 3.20. The number of nitrogens with one attached hydrogen (secondary N) is 1. The maximum Gasteiger partial charge on any atom is 0.127 e. The smallest absolute Gasteiger partial charge is 0.127 e. The molecule has 1 aliphatic rings. The third-order valence-corrected chi connectivity index (χ3v) is 3.61. The molecule has 1 N–H and O–H groups in total. The van der Waals surface area contributed by atoms with E-state index in [-0.39, 0.29) is 0 Å². The highest BCUT2D eigenvalue weighted by molar-refractivity contribution is 5.84. The molecule has 0 amide bonds. The molecule has 0 saturated heterocycles. The Morgan fingerprint density at radius 2 is 1.80 bits per heavy atom. The fourth-order valence-electron chi connectivity index (χ4n) is 2.61. The number of hydrogen-bond donors (Lipinski definition) is 1. The van der Waals surface area contributed by atoms with E-state index < -0.39 is 0 Å². The Bertz CT molecular complexity index is 581. The van der Waals surface area contributed by atoms with E-state index >= 15 is 0 Å². The minimum Gasteiger partial charge on any atom is -0.488 e. The van der Waals surface area contributed by atoms with Crippen molar-refractivity contribution >= 4 is 5.57 Å². The summed E-state index contributed by atoms with van der Waals surface area (Å²) in [7, 11) is 1.98. The van der Waals surface area contributed by atoms with E-state index in [9.17, 15) is 0 Å². The molecule has 1 heterocycles. The largest absolute Gasteiger partial charge is 0.488 e. The molecule has 0 aliphatic carbocycles. The SMILES string of the molecule is CN[13CH2][13CH2]/[13CH]=C1\c2ccccc2COc2ccccc21. The van der Waals surface area contributed by atoms with Crippen molar-refractivity contribution in [3.8, 4) is 5.75 Å². The zero-order valence-corrected chi connectivity index (χ0v) is 11.7. The van der Waals surface area contributed by atoms with Crippen LogP contribution in [0.25, 0.3) is 5.57 Å². The second-order valence-corrected chi connectivity index (χ2v) is 4.95. The van der Waals surface area contributed by atoms with Crippen molar-refractivity contribution in [3.63, 3.8) is 0 Å². The maximum atomic E-state index is 5.96. The predicted octanol–water partition coefficient (Wildman–Crippen LogP) is 3.62. The van der Waals surface area contributed by atoms with Gasteiger partial charge in [-0.05, 0) is 42.8 Å². The van der Waals surface area contributed by atoms with Crippen LogP contribution < -0.4 is 10.1 Å². The zero-order chi connectivity index (χ0) is 13.8. The Balaban J connectivity index is 2.11. The molecule has 0 radical (unpaired) electrons. The molecule has 2 nitrogen and oxygen atoms in total. The first-order valence-electron chi connectivity index (χ1n) is 7.05. The van der Waals surface area contributed by atoms with Crippen molar-refractivity contribution in [2.45, 2.75) is 13.0 Å². The Labute approximate surface area is 120 Å². The van der Waals surface area contributed by atoms with Crippen molar-refractivity contribution in [2.75, 3.05) is 13.6 Å². The highest BCUT2D eigenvalue weighted by atomic mass is 16.5. The fraction of sp³-hybridized carbons (Fsp3) is 0.222. The first kappa shape index (κ1) is 12.9. The van der Waals surface area contributed by atoms with Gasteiger partial charge in [0.25, 0.3) is 0 Å². The van der Waals surface area contributed by atoms with Crippen LogP contribution in [0.1, 0.15) is 23.1 Å². The van der Waals surface area contributed by atoms with Gasteiger partial charge in [0.1, 0.15) is 12.4 Å². The molecule has 0 spiro atoms. The highest BCUT2D eigenvalue weighted by Crippen LogP contribution is 2.36. The van der Waals surface area contributed by atoms with E-state index in [0.29, 0.717) is 6.61 Å². The number of rotatable bonds is 3. The van der Waals surface area contributed by atoms with Crippen molar-refractivity contribution in [1.82, 2.24) is 5.32 Å². The summed E-state index contributed by atoms with van der Waals surface area (Å²) >= 11 is 0. The molecule has 0 fully saturated rings. The lowest BCUT2D eigenvalue weighted by Crippen LogP contribution is -2.06. The maximum absolute atomic E-state index is 5.96. The van der Waals surface area contributed by atoms with Crippen LogP contribution in [0.3, 0.4) is 0 Å². The molecule has 0 aromatic heterocycles. The normalized spacial score (nSPS) is 15.2. The van der Waals surface area contributed by atoms with E-state index in [2.05, 4.69) is 47.8 Å². The van der Waals surface area contributed by atoms with Gasteiger partial charge in [-0.1, -0.05) is 48.5 Å². The van der Waals surface area contributed by atoms with Gasteiger partial charge in [0.15, 0.2) is 0 Å². The molecular weight excluding hydrogens is 249 g/mol. The van der Waals surface area contributed by atoms with Crippen LogP contribution in [-0.2, 0) is 6.61 Å².